The molecule has 1 aromatic rings. The Kier molecular flexibility index (Phi) is 6.50. The summed E-state index contributed by atoms with van der Waals surface area (Å²) in [7, 11) is -1.95. The first-order valence-electron chi connectivity index (χ1n) is 6.57. The molecule has 1 heterocycles. The van der Waals surface area contributed by atoms with Gasteiger partial charge in [-0.1, -0.05) is 6.92 Å². The summed E-state index contributed by atoms with van der Waals surface area (Å²) in [5.41, 5.74) is 1.51. The van der Waals surface area contributed by atoms with Crippen LogP contribution in [0.25, 0.3) is 0 Å². The molecule has 1 unspecified atom stereocenters. The van der Waals surface area contributed by atoms with Gasteiger partial charge in [-0.05, 0) is 26.6 Å². The average Bonchev–Trinajstić information content (AvgIpc) is 2.77. The van der Waals surface area contributed by atoms with Crippen LogP contribution in [0.1, 0.15) is 25.1 Å². The number of H-pyrrole nitrogens is 1. The number of aromatic amines is 1. The van der Waals surface area contributed by atoms with E-state index in [1.54, 1.807) is 18.8 Å². The SMILES string of the molecule is CCNCc1c(S(=O)(=O)N(C)C(C)CSC)n[nH]c1C. The van der Waals surface area contributed by atoms with Crippen molar-refractivity contribution in [2.24, 2.45) is 0 Å². The molecular formula is C12H24N4O2S2. The van der Waals surface area contributed by atoms with E-state index >= 15 is 0 Å². The van der Waals surface area contributed by atoms with Crippen molar-refractivity contribution in [3.05, 3.63) is 11.3 Å². The maximum absolute atomic E-state index is 12.7. The molecule has 6 nitrogen and oxygen atoms in total. The fourth-order valence-electron chi connectivity index (χ4n) is 1.82. The lowest BCUT2D eigenvalue weighted by atomic mass is 10.2. The van der Waals surface area contributed by atoms with Gasteiger partial charge in [0.15, 0.2) is 5.03 Å². The molecule has 0 saturated heterocycles. The lowest BCUT2D eigenvalue weighted by Gasteiger charge is -2.23. The summed E-state index contributed by atoms with van der Waals surface area (Å²) in [5.74, 6) is 0.752. The summed E-state index contributed by atoms with van der Waals surface area (Å²) in [5, 5.41) is 10.1. The quantitative estimate of drug-likeness (QED) is 0.752. The summed E-state index contributed by atoms with van der Waals surface area (Å²) < 4.78 is 26.7. The molecular weight excluding hydrogens is 296 g/mol. The van der Waals surface area contributed by atoms with Crippen LogP contribution in [0.5, 0.6) is 0 Å². The van der Waals surface area contributed by atoms with E-state index in [1.165, 1.54) is 4.31 Å². The summed E-state index contributed by atoms with van der Waals surface area (Å²) in [4.78, 5) is 0. The second-order valence-corrected chi connectivity index (χ2v) is 7.56. The molecule has 20 heavy (non-hydrogen) atoms. The molecule has 0 aromatic carbocycles. The zero-order valence-corrected chi connectivity index (χ0v) is 14.4. The topological polar surface area (TPSA) is 78.1 Å². The van der Waals surface area contributed by atoms with Gasteiger partial charge in [-0.3, -0.25) is 5.10 Å². The highest BCUT2D eigenvalue weighted by Gasteiger charge is 2.30. The van der Waals surface area contributed by atoms with Crippen LogP contribution in [0, 0.1) is 6.92 Å². The highest BCUT2D eigenvalue weighted by Crippen LogP contribution is 2.21. The summed E-state index contributed by atoms with van der Waals surface area (Å²) in [6, 6.07) is -0.0704. The third-order valence-corrected chi connectivity index (χ3v) is 6.00. The second-order valence-electron chi connectivity index (χ2n) is 4.74. The lowest BCUT2D eigenvalue weighted by Crippen LogP contribution is -2.37. The van der Waals surface area contributed by atoms with E-state index in [9.17, 15) is 8.42 Å². The zero-order chi connectivity index (χ0) is 15.3. The molecule has 0 aliphatic rings. The van der Waals surface area contributed by atoms with Crippen LogP contribution in [0.3, 0.4) is 0 Å². The van der Waals surface area contributed by atoms with Gasteiger partial charge >= 0.3 is 0 Å². The van der Waals surface area contributed by atoms with Crippen molar-refractivity contribution in [3.8, 4) is 0 Å². The molecule has 8 heteroatoms. The third kappa shape index (κ3) is 3.75. The van der Waals surface area contributed by atoms with Crippen LogP contribution in [-0.4, -0.2) is 54.6 Å². The average molecular weight is 320 g/mol. The minimum absolute atomic E-state index is 0.0704. The molecule has 0 spiro atoms. The van der Waals surface area contributed by atoms with Crippen molar-refractivity contribution in [3.63, 3.8) is 0 Å². The normalized spacial score (nSPS) is 13.9. The molecule has 2 N–H and O–H groups in total. The molecule has 1 rings (SSSR count). The van der Waals surface area contributed by atoms with E-state index in [1.807, 2.05) is 27.0 Å². The van der Waals surface area contributed by atoms with Gasteiger partial charge in [-0.2, -0.15) is 21.2 Å². The van der Waals surface area contributed by atoms with Gasteiger partial charge in [0.2, 0.25) is 0 Å². The van der Waals surface area contributed by atoms with Gasteiger partial charge in [0.1, 0.15) is 0 Å². The van der Waals surface area contributed by atoms with Gasteiger partial charge in [-0.15, -0.1) is 0 Å². The number of hydrogen-bond acceptors (Lipinski definition) is 5. The first-order valence-corrected chi connectivity index (χ1v) is 9.41. The molecule has 0 bridgehead atoms. The van der Waals surface area contributed by atoms with Crippen molar-refractivity contribution in [2.75, 3.05) is 25.6 Å². The monoisotopic (exact) mass is 320 g/mol. The Morgan fingerprint density at radius 2 is 2.15 bits per heavy atom. The Hall–Kier alpha value is -0.570. The van der Waals surface area contributed by atoms with Crippen LogP contribution in [0.4, 0.5) is 0 Å². The largest absolute Gasteiger partial charge is 0.313 e. The van der Waals surface area contributed by atoms with E-state index in [0.29, 0.717) is 6.54 Å². The highest BCUT2D eigenvalue weighted by molar-refractivity contribution is 7.98. The molecule has 0 saturated carbocycles. The Labute approximate surface area is 125 Å². The van der Waals surface area contributed by atoms with Crippen LogP contribution in [0.15, 0.2) is 5.03 Å². The minimum Gasteiger partial charge on any atom is -0.313 e. The Bertz CT molecular complexity index is 528. The smallest absolute Gasteiger partial charge is 0.262 e. The molecule has 1 atom stereocenters. The van der Waals surface area contributed by atoms with Crippen molar-refractivity contribution < 1.29 is 8.42 Å². The van der Waals surface area contributed by atoms with Crippen molar-refractivity contribution in [1.82, 2.24) is 19.8 Å². The number of aromatic nitrogens is 2. The maximum atomic E-state index is 12.7. The summed E-state index contributed by atoms with van der Waals surface area (Å²) >= 11 is 1.63. The number of aryl methyl sites for hydroxylation is 1. The molecule has 0 fully saturated rings. The fourth-order valence-corrected chi connectivity index (χ4v) is 4.14. The van der Waals surface area contributed by atoms with E-state index in [4.69, 9.17) is 0 Å². The van der Waals surface area contributed by atoms with Gasteiger partial charge < -0.3 is 5.32 Å². The van der Waals surface area contributed by atoms with Crippen LogP contribution < -0.4 is 5.32 Å². The van der Waals surface area contributed by atoms with E-state index in [0.717, 1.165) is 23.6 Å². The fraction of sp³-hybridized carbons (Fsp3) is 0.750. The summed E-state index contributed by atoms with van der Waals surface area (Å²) in [6.45, 7) is 7.00. The maximum Gasteiger partial charge on any atom is 0.262 e. The number of hydrogen-bond donors (Lipinski definition) is 2. The number of rotatable bonds is 8. The molecule has 116 valence electrons. The zero-order valence-electron chi connectivity index (χ0n) is 12.7. The number of nitrogens with zero attached hydrogens (tertiary/aromatic N) is 2. The second kappa shape index (κ2) is 7.44. The summed E-state index contributed by atoms with van der Waals surface area (Å²) in [6.07, 6.45) is 1.96. The number of thioether (sulfide) groups is 1. The standard InChI is InChI=1S/C12H24N4O2S2/c1-6-13-7-11-10(3)14-15-12(11)20(17,18)16(4)9(2)8-19-5/h9,13H,6-8H2,1-5H3,(H,14,15). The Morgan fingerprint density at radius 1 is 1.50 bits per heavy atom. The van der Waals surface area contributed by atoms with Crippen LogP contribution >= 0.6 is 11.8 Å². The number of sulfonamides is 1. The first-order chi connectivity index (χ1) is 9.36. The van der Waals surface area contributed by atoms with Gasteiger partial charge in [-0.25, -0.2) is 8.42 Å². The molecule has 0 radical (unpaired) electrons. The van der Waals surface area contributed by atoms with Gasteiger partial charge in [0.05, 0.1) is 0 Å². The third-order valence-electron chi connectivity index (χ3n) is 3.24. The Balaban J connectivity index is 3.09. The lowest BCUT2D eigenvalue weighted by molar-refractivity contribution is 0.412. The highest BCUT2D eigenvalue weighted by atomic mass is 32.2. The van der Waals surface area contributed by atoms with Crippen molar-refractivity contribution in [1.29, 1.82) is 0 Å². The molecule has 0 aliphatic heterocycles. The molecule has 1 aromatic heterocycles. The van der Waals surface area contributed by atoms with E-state index in [-0.39, 0.29) is 11.1 Å². The van der Waals surface area contributed by atoms with Gasteiger partial charge in [0, 0.05) is 36.6 Å². The Morgan fingerprint density at radius 3 is 2.70 bits per heavy atom. The minimum atomic E-state index is -3.56. The first kappa shape index (κ1) is 17.5. The molecule has 0 aliphatic carbocycles. The molecule has 0 amide bonds. The van der Waals surface area contributed by atoms with Crippen molar-refractivity contribution >= 4 is 21.8 Å². The van der Waals surface area contributed by atoms with Crippen LogP contribution in [-0.2, 0) is 16.6 Å². The van der Waals surface area contributed by atoms with Gasteiger partial charge in [0.25, 0.3) is 10.0 Å². The van der Waals surface area contributed by atoms with E-state index < -0.39 is 10.0 Å². The predicted molar refractivity (Wildman–Crippen MR) is 83.5 cm³/mol. The predicted octanol–water partition coefficient (Wildman–Crippen LogP) is 1.20. The van der Waals surface area contributed by atoms with Crippen LogP contribution in [0.2, 0.25) is 0 Å². The van der Waals surface area contributed by atoms with E-state index in [2.05, 4.69) is 15.5 Å². The number of nitrogens with one attached hydrogen (secondary N) is 2. The van der Waals surface area contributed by atoms with Crippen molar-refractivity contribution in [2.45, 2.75) is 38.4 Å².